The van der Waals surface area contributed by atoms with E-state index in [1.807, 2.05) is 24.1 Å². The predicted octanol–water partition coefficient (Wildman–Crippen LogP) is 3.44. The molecule has 0 bridgehead atoms. The fourth-order valence-corrected chi connectivity index (χ4v) is 2.32. The molecule has 1 aromatic heterocycles. The number of hydrogen-bond acceptors (Lipinski definition) is 2. The van der Waals surface area contributed by atoms with Crippen LogP contribution in [0.25, 0.3) is 0 Å². The maximum Gasteiger partial charge on any atom is 0.0522 e. The van der Waals surface area contributed by atoms with Gasteiger partial charge in [-0.2, -0.15) is 5.10 Å². The summed E-state index contributed by atoms with van der Waals surface area (Å²) < 4.78 is 4.18. The van der Waals surface area contributed by atoms with Crippen molar-refractivity contribution < 1.29 is 0 Å². The van der Waals surface area contributed by atoms with Gasteiger partial charge in [0.15, 0.2) is 0 Å². The smallest absolute Gasteiger partial charge is 0.0522 e. The molecule has 5 heteroatoms. The third-order valence-electron chi connectivity index (χ3n) is 2.42. The standard InChI is InChI=1S/C12H13BrIN3/c1-17-8-9(7-16-17)4-5-15-10-2-3-11(13)12(14)6-10/h2-3,6-8,15H,4-5H2,1H3. The lowest BCUT2D eigenvalue weighted by molar-refractivity contribution is 0.767. The molecule has 0 atom stereocenters. The van der Waals surface area contributed by atoms with Gasteiger partial charge in [-0.3, -0.25) is 4.68 Å². The first-order valence-electron chi connectivity index (χ1n) is 5.31. The maximum atomic E-state index is 4.15. The third-order valence-corrected chi connectivity index (χ3v) is 4.75. The minimum absolute atomic E-state index is 0.920. The van der Waals surface area contributed by atoms with Gasteiger partial charge < -0.3 is 5.32 Å². The Hall–Kier alpha value is -0.560. The molecule has 17 heavy (non-hydrogen) atoms. The largest absolute Gasteiger partial charge is 0.385 e. The molecule has 1 N–H and O–H groups in total. The van der Waals surface area contributed by atoms with Crippen LogP contribution in [-0.4, -0.2) is 16.3 Å². The number of nitrogens with one attached hydrogen (secondary N) is 1. The summed E-state index contributed by atoms with van der Waals surface area (Å²) in [5.74, 6) is 0. The van der Waals surface area contributed by atoms with Crippen LogP contribution >= 0.6 is 38.5 Å². The van der Waals surface area contributed by atoms with Crippen LogP contribution in [0.1, 0.15) is 5.56 Å². The van der Waals surface area contributed by atoms with E-state index >= 15 is 0 Å². The first-order chi connectivity index (χ1) is 8.15. The Morgan fingerprint density at radius 1 is 1.47 bits per heavy atom. The molecule has 0 fully saturated rings. The lowest BCUT2D eigenvalue weighted by Gasteiger charge is -2.06. The van der Waals surface area contributed by atoms with E-state index in [0.717, 1.165) is 23.1 Å². The van der Waals surface area contributed by atoms with Crippen LogP contribution in [0.3, 0.4) is 0 Å². The molecule has 0 aliphatic carbocycles. The molecule has 0 unspecified atom stereocenters. The zero-order chi connectivity index (χ0) is 12.3. The van der Waals surface area contributed by atoms with Crippen LogP contribution in [0.5, 0.6) is 0 Å². The first-order valence-corrected chi connectivity index (χ1v) is 7.19. The summed E-state index contributed by atoms with van der Waals surface area (Å²) in [7, 11) is 1.94. The average Bonchev–Trinajstić information content (AvgIpc) is 2.70. The van der Waals surface area contributed by atoms with E-state index in [2.05, 4.69) is 67.1 Å². The van der Waals surface area contributed by atoms with Crippen molar-refractivity contribution in [1.29, 1.82) is 0 Å². The molecule has 0 spiro atoms. The second-order valence-electron chi connectivity index (χ2n) is 3.83. The average molecular weight is 406 g/mol. The second kappa shape index (κ2) is 5.86. The van der Waals surface area contributed by atoms with E-state index in [1.165, 1.54) is 9.13 Å². The lowest BCUT2D eigenvalue weighted by Crippen LogP contribution is -2.04. The number of halogens is 2. The Morgan fingerprint density at radius 3 is 2.94 bits per heavy atom. The molecular formula is C12H13BrIN3. The van der Waals surface area contributed by atoms with Gasteiger partial charge in [0, 0.05) is 33.5 Å². The van der Waals surface area contributed by atoms with Gasteiger partial charge in [0.25, 0.3) is 0 Å². The molecule has 1 aromatic carbocycles. The lowest BCUT2D eigenvalue weighted by atomic mass is 10.2. The van der Waals surface area contributed by atoms with E-state index in [0.29, 0.717) is 0 Å². The highest BCUT2D eigenvalue weighted by Crippen LogP contribution is 2.22. The molecule has 0 amide bonds. The van der Waals surface area contributed by atoms with Crippen molar-refractivity contribution in [2.45, 2.75) is 6.42 Å². The summed E-state index contributed by atoms with van der Waals surface area (Å²) in [6, 6.07) is 6.28. The van der Waals surface area contributed by atoms with Gasteiger partial charge in [0.2, 0.25) is 0 Å². The molecular weight excluding hydrogens is 393 g/mol. The van der Waals surface area contributed by atoms with Gasteiger partial charge in [0.05, 0.1) is 6.20 Å². The van der Waals surface area contributed by atoms with Gasteiger partial charge in [-0.15, -0.1) is 0 Å². The van der Waals surface area contributed by atoms with E-state index in [4.69, 9.17) is 0 Å². The number of rotatable bonds is 4. The van der Waals surface area contributed by atoms with Crippen molar-refractivity contribution in [1.82, 2.24) is 9.78 Å². The van der Waals surface area contributed by atoms with Crippen LogP contribution in [-0.2, 0) is 13.5 Å². The molecule has 0 saturated heterocycles. The zero-order valence-electron chi connectivity index (χ0n) is 9.45. The molecule has 0 saturated carbocycles. The SMILES string of the molecule is Cn1cc(CCNc2ccc(Br)c(I)c2)cn1. The highest BCUT2D eigenvalue weighted by atomic mass is 127. The number of hydrogen-bond donors (Lipinski definition) is 1. The molecule has 90 valence electrons. The summed E-state index contributed by atoms with van der Waals surface area (Å²) in [6.07, 6.45) is 4.94. The van der Waals surface area contributed by atoms with Crippen molar-refractivity contribution in [3.05, 3.63) is 44.2 Å². The van der Waals surface area contributed by atoms with Crippen LogP contribution in [0.15, 0.2) is 35.1 Å². The minimum Gasteiger partial charge on any atom is -0.385 e. The Bertz CT molecular complexity index is 510. The van der Waals surface area contributed by atoms with Crippen molar-refractivity contribution in [3.8, 4) is 0 Å². The van der Waals surface area contributed by atoms with Crippen molar-refractivity contribution >= 4 is 44.2 Å². The van der Waals surface area contributed by atoms with E-state index in [-0.39, 0.29) is 0 Å². The van der Waals surface area contributed by atoms with Crippen LogP contribution in [0, 0.1) is 3.57 Å². The molecule has 0 aliphatic heterocycles. The fourth-order valence-electron chi connectivity index (χ4n) is 1.56. The third kappa shape index (κ3) is 3.70. The molecule has 1 heterocycles. The summed E-state index contributed by atoms with van der Waals surface area (Å²) in [4.78, 5) is 0. The van der Waals surface area contributed by atoms with Crippen LogP contribution in [0.2, 0.25) is 0 Å². The summed E-state index contributed by atoms with van der Waals surface area (Å²) in [5, 5.41) is 7.56. The minimum atomic E-state index is 0.920. The van der Waals surface area contributed by atoms with Crippen molar-refractivity contribution in [3.63, 3.8) is 0 Å². The topological polar surface area (TPSA) is 29.9 Å². The van der Waals surface area contributed by atoms with Crippen LogP contribution < -0.4 is 5.32 Å². The summed E-state index contributed by atoms with van der Waals surface area (Å²) in [6.45, 7) is 0.920. The molecule has 0 aliphatic rings. The molecule has 2 aromatic rings. The second-order valence-corrected chi connectivity index (χ2v) is 5.84. The van der Waals surface area contributed by atoms with Gasteiger partial charge in [-0.25, -0.2) is 0 Å². The normalized spacial score (nSPS) is 10.5. The van der Waals surface area contributed by atoms with Gasteiger partial charge in [-0.05, 0) is 68.7 Å². The maximum absolute atomic E-state index is 4.15. The summed E-state index contributed by atoms with van der Waals surface area (Å²) in [5.41, 5.74) is 2.41. The number of benzene rings is 1. The Kier molecular flexibility index (Phi) is 4.44. The molecule has 3 nitrogen and oxygen atoms in total. The number of anilines is 1. The fraction of sp³-hybridized carbons (Fsp3) is 0.250. The van der Waals surface area contributed by atoms with Gasteiger partial charge in [-0.1, -0.05) is 0 Å². The highest BCUT2D eigenvalue weighted by molar-refractivity contribution is 14.1. The Morgan fingerprint density at radius 2 is 2.29 bits per heavy atom. The number of nitrogens with zero attached hydrogens (tertiary/aromatic N) is 2. The zero-order valence-corrected chi connectivity index (χ0v) is 13.2. The van der Waals surface area contributed by atoms with Crippen molar-refractivity contribution in [2.75, 3.05) is 11.9 Å². The highest BCUT2D eigenvalue weighted by Gasteiger charge is 1.99. The predicted molar refractivity (Wildman–Crippen MR) is 82.3 cm³/mol. The van der Waals surface area contributed by atoms with E-state index in [1.54, 1.807) is 0 Å². The van der Waals surface area contributed by atoms with Gasteiger partial charge in [0.1, 0.15) is 0 Å². The first kappa shape index (κ1) is 12.9. The Labute approximate surface area is 123 Å². The van der Waals surface area contributed by atoms with Crippen molar-refractivity contribution in [2.24, 2.45) is 7.05 Å². The molecule has 2 rings (SSSR count). The van der Waals surface area contributed by atoms with Gasteiger partial charge >= 0.3 is 0 Å². The molecule has 0 radical (unpaired) electrons. The van der Waals surface area contributed by atoms with E-state index < -0.39 is 0 Å². The summed E-state index contributed by atoms with van der Waals surface area (Å²) >= 11 is 5.81. The van der Waals surface area contributed by atoms with Crippen LogP contribution in [0.4, 0.5) is 5.69 Å². The quantitative estimate of drug-likeness (QED) is 0.789. The Balaban J connectivity index is 1.87. The monoisotopic (exact) mass is 405 g/mol. The van der Waals surface area contributed by atoms with E-state index in [9.17, 15) is 0 Å². The number of aromatic nitrogens is 2. The number of aryl methyl sites for hydroxylation is 1.